The smallest absolute Gasteiger partial charge is 0.0892 e. The molecule has 2 N–H and O–H groups in total. The quantitative estimate of drug-likeness (QED) is 0.711. The van der Waals surface area contributed by atoms with Crippen LogP contribution in [0.5, 0.6) is 0 Å². The standard InChI is InChI=1S/C13H22N2O3/c1-10-8-15-12(11(2)13(10)14)9-18-7-6-17-5-4-16-3/h8H,4-7,9H2,1-3H3,(H2,14,15). The molecule has 5 heteroatoms. The van der Waals surface area contributed by atoms with Crippen molar-refractivity contribution in [3.8, 4) is 0 Å². The van der Waals surface area contributed by atoms with Crippen LogP contribution in [0.25, 0.3) is 0 Å². The van der Waals surface area contributed by atoms with Crippen molar-refractivity contribution in [3.05, 3.63) is 23.0 Å². The number of nitrogens with zero attached hydrogens (tertiary/aromatic N) is 1. The number of methoxy groups -OCH3 is 1. The van der Waals surface area contributed by atoms with Gasteiger partial charge in [-0.3, -0.25) is 4.98 Å². The second-order valence-electron chi connectivity index (χ2n) is 4.08. The molecule has 1 rings (SSSR count). The third kappa shape index (κ3) is 4.60. The Morgan fingerprint density at radius 3 is 2.50 bits per heavy atom. The van der Waals surface area contributed by atoms with E-state index in [0.717, 1.165) is 22.5 Å². The van der Waals surface area contributed by atoms with Crippen LogP contribution in [0.2, 0.25) is 0 Å². The highest BCUT2D eigenvalue weighted by Crippen LogP contribution is 2.18. The van der Waals surface area contributed by atoms with Gasteiger partial charge in [-0.15, -0.1) is 0 Å². The lowest BCUT2D eigenvalue weighted by atomic mass is 10.1. The van der Waals surface area contributed by atoms with E-state index in [9.17, 15) is 0 Å². The molecule has 1 aromatic heterocycles. The van der Waals surface area contributed by atoms with Gasteiger partial charge in [0.2, 0.25) is 0 Å². The van der Waals surface area contributed by atoms with Gasteiger partial charge in [0.05, 0.1) is 38.7 Å². The maximum atomic E-state index is 5.93. The Balaban J connectivity index is 2.25. The molecule has 18 heavy (non-hydrogen) atoms. The van der Waals surface area contributed by atoms with E-state index >= 15 is 0 Å². The van der Waals surface area contributed by atoms with Gasteiger partial charge in [-0.25, -0.2) is 0 Å². The van der Waals surface area contributed by atoms with Crippen LogP contribution in [0.3, 0.4) is 0 Å². The van der Waals surface area contributed by atoms with Crippen molar-refractivity contribution in [2.75, 3.05) is 39.3 Å². The molecule has 0 atom stereocenters. The molecule has 0 amide bonds. The highest BCUT2D eigenvalue weighted by atomic mass is 16.5. The number of rotatable bonds is 8. The summed E-state index contributed by atoms with van der Waals surface area (Å²) in [5, 5.41) is 0. The third-order valence-electron chi connectivity index (χ3n) is 2.72. The maximum Gasteiger partial charge on any atom is 0.0892 e. The molecule has 0 unspecified atom stereocenters. The molecule has 0 saturated heterocycles. The minimum Gasteiger partial charge on any atom is -0.398 e. The van der Waals surface area contributed by atoms with Crippen molar-refractivity contribution < 1.29 is 14.2 Å². The number of ether oxygens (including phenoxy) is 3. The first kappa shape index (κ1) is 14.9. The summed E-state index contributed by atoms with van der Waals surface area (Å²) in [6.07, 6.45) is 1.77. The van der Waals surface area contributed by atoms with Crippen molar-refractivity contribution >= 4 is 5.69 Å². The first-order valence-corrected chi connectivity index (χ1v) is 6.01. The topological polar surface area (TPSA) is 66.6 Å². The molecule has 0 radical (unpaired) electrons. The van der Waals surface area contributed by atoms with E-state index in [1.54, 1.807) is 13.3 Å². The fraction of sp³-hybridized carbons (Fsp3) is 0.615. The van der Waals surface area contributed by atoms with Gasteiger partial charge in [0.15, 0.2) is 0 Å². The van der Waals surface area contributed by atoms with Crippen LogP contribution in [-0.2, 0) is 20.8 Å². The molecule has 0 aromatic carbocycles. The number of aromatic nitrogens is 1. The molecule has 0 bridgehead atoms. The Kier molecular flexibility index (Phi) is 6.64. The zero-order chi connectivity index (χ0) is 13.4. The molecule has 5 nitrogen and oxygen atoms in total. The van der Waals surface area contributed by atoms with E-state index < -0.39 is 0 Å². The Morgan fingerprint density at radius 1 is 1.11 bits per heavy atom. The molecule has 0 aliphatic heterocycles. The number of nitrogens with two attached hydrogens (primary N) is 1. The largest absolute Gasteiger partial charge is 0.398 e. The van der Waals surface area contributed by atoms with E-state index in [1.165, 1.54) is 0 Å². The Bertz CT molecular complexity index is 369. The van der Waals surface area contributed by atoms with Crippen LogP contribution in [0.4, 0.5) is 5.69 Å². The normalized spacial score (nSPS) is 10.8. The summed E-state index contributed by atoms with van der Waals surface area (Å²) in [7, 11) is 1.65. The Labute approximate surface area is 108 Å². The molecule has 0 fully saturated rings. The lowest BCUT2D eigenvalue weighted by Gasteiger charge is -2.10. The van der Waals surface area contributed by atoms with Crippen LogP contribution < -0.4 is 5.73 Å². The summed E-state index contributed by atoms with van der Waals surface area (Å²) in [4.78, 5) is 4.32. The average molecular weight is 254 g/mol. The predicted molar refractivity (Wildman–Crippen MR) is 70.5 cm³/mol. The summed E-state index contributed by atoms with van der Waals surface area (Å²) >= 11 is 0. The number of anilines is 1. The fourth-order valence-corrected chi connectivity index (χ4v) is 1.47. The molecule has 0 saturated carbocycles. The third-order valence-corrected chi connectivity index (χ3v) is 2.72. The van der Waals surface area contributed by atoms with Gasteiger partial charge in [-0.2, -0.15) is 0 Å². The van der Waals surface area contributed by atoms with E-state index in [1.807, 2.05) is 13.8 Å². The summed E-state index contributed by atoms with van der Waals surface area (Å²) in [5.74, 6) is 0. The summed E-state index contributed by atoms with van der Waals surface area (Å²) in [6.45, 7) is 6.67. The maximum absolute atomic E-state index is 5.93. The predicted octanol–water partition coefficient (Wildman–Crippen LogP) is 1.46. The highest BCUT2D eigenvalue weighted by Gasteiger charge is 2.05. The molecule has 0 aliphatic carbocycles. The van der Waals surface area contributed by atoms with Gasteiger partial charge in [-0.05, 0) is 25.0 Å². The van der Waals surface area contributed by atoms with E-state index in [0.29, 0.717) is 33.0 Å². The second-order valence-corrected chi connectivity index (χ2v) is 4.08. The minimum atomic E-state index is 0.462. The fourth-order valence-electron chi connectivity index (χ4n) is 1.47. The van der Waals surface area contributed by atoms with Crippen LogP contribution in [0.1, 0.15) is 16.8 Å². The Morgan fingerprint density at radius 2 is 1.78 bits per heavy atom. The monoisotopic (exact) mass is 254 g/mol. The highest BCUT2D eigenvalue weighted by molar-refractivity contribution is 5.53. The van der Waals surface area contributed by atoms with Crippen molar-refractivity contribution in [1.82, 2.24) is 4.98 Å². The van der Waals surface area contributed by atoms with Gasteiger partial charge in [0, 0.05) is 19.0 Å². The van der Waals surface area contributed by atoms with Crippen molar-refractivity contribution in [2.24, 2.45) is 0 Å². The average Bonchev–Trinajstić information content (AvgIpc) is 2.37. The number of pyridine rings is 1. The number of nitrogen functional groups attached to an aromatic ring is 1. The second kappa shape index (κ2) is 8.02. The van der Waals surface area contributed by atoms with Gasteiger partial charge < -0.3 is 19.9 Å². The van der Waals surface area contributed by atoms with Crippen molar-refractivity contribution in [2.45, 2.75) is 20.5 Å². The first-order chi connectivity index (χ1) is 8.66. The summed E-state index contributed by atoms with van der Waals surface area (Å²) in [6, 6.07) is 0. The first-order valence-electron chi connectivity index (χ1n) is 6.01. The zero-order valence-electron chi connectivity index (χ0n) is 11.4. The lowest BCUT2D eigenvalue weighted by Crippen LogP contribution is -2.09. The molecular formula is C13H22N2O3. The molecule has 1 heterocycles. The van der Waals surface area contributed by atoms with Gasteiger partial charge >= 0.3 is 0 Å². The van der Waals surface area contributed by atoms with E-state index in [-0.39, 0.29) is 0 Å². The lowest BCUT2D eigenvalue weighted by molar-refractivity contribution is 0.0191. The van der Waals surface area contributed by atoms with E-state index in [2.05, 4.69) is 4.98 Å². The van der Waals surface area contributed by atoms with Gasteiger partial charge in [0.1, 0.15) is 0 Å². The van der Waals surface area contributed by atoms with Crippen molar-refractivity contribution in [1.29, 1.82) is 0 Å². The van der Waals surface area contributed by atoms with Crippen LogP contribution in [-0.4, -0.2) is 38.5 Å². The molecule has 0 aliphatic rings. The summed E-state index contributed by atoms with van der Waals surface area (Å²) < 4.78 is 15.6. The Hall–Kier alpha value is -1.17. The molecule has 0 spiro atoms. The molecular weight excluding hydrogens is 232 g/mol. The molecule has 102 valence electrons. The van der Waals surface area contributed by atoms with Crippen molar-refractivity contribution in [3.63, 3.8) is 0 Å². The minimum absolute atomic E-state index is 0.462. The zero-order valence-corrected chi connectivity index (χ0v) is 11.4. The SMILES string of the molecule is COCCOCCOCc1ncc(C)c(N)c1C. The van der Waals surface area contributed by atoms with Gasteiger partial charge in [-0.1, -0.05) is 0 Å². The van der Waals surface area contributed by atoms with Crippen LogP contribution in [0, 0.1) is 13.8 Å². The van der Waals surface area contributed by atoms with Crippen LogP contribution >= 0.6 is 0 Å². The van der Waals surface area contributed by atoms with Gasteiger partial charge in [0.25, 0.3) is 0 Å². The van der Waals surface area contributed by atoms with E-state index in [4.69, 9.17) is 19.9 Å². The number of aryl methyl sites for hydroxylation is 1. The molecule has 1 aromatic rings. The van der Waals surface area contributed by atoms with Crippen LogP contribution in [0.15, 0.2) is 6.20 Å². The number of hydrogen-bond donors (Lipinski definition) is 1. The summed E-state index contributed by atoms with van der Waals surface area (Å²) in [5.41, 5.74) is 9.60. The number of hydrogen-bond acceptors (Lipinski definition) is 5.